The van der Waals surface area contributed by atoms with E-state index in [1.54, 1.807) is 0 Å². The van der Waals surface area contributed by atoms with Crippen molar-refractivity contribution in [2.24, 2.45) is 0 Å². The van der Waals surface area contributed by atoms with Crippen LogP contribution in [0.15, 0.2) is 72.8 Å². The summed E-state index contributed by atoms with van der Waals surface area (Å²) in [5.74, 6) is 3.95. The van der Waals surface area contributed by atoms with Crippen LogP contribution in [-0.2, 0) is 29.8 Å². The van der Waals surface area contributed by atoms with Crippen molar-refractivity contribution in [1.29, 1.82) is 0 Å². The number of ether oxygens (including phenoxy) is 4. The van der Waals surface area contributed by atoms with Crippen molar-refractivity contribution in [1.82, 2.24) is 0 Å². The summed E-state index contributed by atoms with van der Waals surface area (Å²) in [6, 6.07) is 26.7. The predicted octanol–water partition coefficient (Wildman–Crippen LogP) is 9.04. The second-order valence-corrected chi connectivity index (χ2v) is 19.5. The SMILES string of the molecule is CCCCOc1cccc([SiH](O[SiH](c2cccc(OCCCC)c2CC)c2cccc(OCCCC)c2CC)c2cccc(OCCCC)c2CC)c1CC. The van der Waals surface area contributed by atoms with Crippen LogP contribution in [0, 0.1) is 0 Å². The van der Waals surface area contributed by atoms with Gasteiger partial charge in [0.25, 0.3) is 0 Å². The Balaban J connectivity index is 2.03. The molecule has 300 valence electrons. The molecule has 4 aromatic rings. The predicted molar refractivity (Wildman–Crippen MR) is 239 cm³/mol. The summed E-state index contributed by atoms with van der Waals surface area (Å²) in [5.41, 5.74) is 5.06. The Morgan fingerprint density at radius 2 is 0.582 bits per heavy atom. The minimum absolute atomic E-state index is 0.716. The van der Waals surface area contributed by atoms with Gasteiger partial charge in [-0.25, -0.2) is 0 Å². The van der Waals surface area contributed by atoms with Gasteiger partial charge in [0.15, 0.2) is 0 Å². The van der Waals surface area contributed by atoms with Gasteiger partial charge in [0, 0.05) is 0 Å². The van der Waals surface area contributed by atoms with Crippen LogP contribution in [0.5, 0.6) is 23.0 Å². The fourth-order valence-corrected chi connectivity index (χ4v) is 15.3. The summed E-state index contributed by atoms with van der Waals surface area (Å²) in [4.78, 5) is 0. The summed E-state index contributed by atoms with van der Waals surface area (Å²) in [7, 11) is -4.86. The summed E-state index contributed by atoms with van der Waals surface area (Å²) >= 11 is 0. The largest absolute Gasteiger partial charge is 0.493 e. The molecular weight excluding hydrogens is 713 g/mol. The van der Waals surface area contributed by atoms with E-state index in [0.717, 1.165) is 100 Å². The monoisotopic (exact) mass is 782 g/mol. The van der Waals surface area contributed by atoms with Gasteiger partial charge < -0.3 is 23.1 Å². The molecule has 0 spiro atoms. The summed E-state index contributed by atoms with van der Waals surface area (Å²) < 4.78 is 34.3. The van der Waals surface area contributed by atoms with Crippen molar-refractivity contribution in [3.8, 4) is 23.0 Å². The minimum Gasteiger partial charge on any atom is -0.493 e. The van der Waals surface area contributed by atoms with Crippen molar-refractivity contribution >= 4 is 38.8 Å². The first-order valence-corrected chi connectivity index (χ1v) is 24.9. The topological polar surface area (TPSA) is 46.2 Å². The van der Waals surface area contributed by atoms with E-state index in [0.29, 0.717) is 26.4 Å². The maximum Gasteiger partial charge on any atom is 0.229 e. The number of rotatable bonds is 26. The van der Waals surface area contributed by atoms with Crippen LogP contribution in [0.4, 0.5) is 0 Å². The first-order valence-electron chi connectivity index (χ1n) is 21.6. The molecule has 0 fully saturated rings. The highest BCUT2D eigenvalue weighted by Crippen LogP contribution is 2.25. The van der Waals surface area contributed by atoms with Crippen molar-refractivity contribution < 1.29 is 23.1 Å². The van der Waals surface area contributed by atoms with Gasteiger partial charge in [0.1, 0.15) is 23.0 Å². The molecule has 0 saturated heterocycles. The molecule has 5 nitrogen and oxygen atoms in total. The minimum atomic E-state index is -2.43. The molecule has 0 aliphatic carbocycles. The molecule has 0 unspecified atom stereocenters. The summed E-state index contributed by atoms with van der Waals surface area (Å²) in [6.07, 6.45) is 12.0. The van der Waals surface area contributed by atoms with E-state index < -0.39 is 18.1 Å². The molecule has 0 atom stereocenters. The zero-order chi connectivity index (χ0) is 39.4. The second-order valence-electron chi connectivity index (χ2n) is 14.4. The summed E-state index contributed by atoms with van der Waals surface area (Å²) in [5, 5.41) is 5.21. The van der Waals surface area contributed by atoms with Gasteiger partial charge >= 0.3 is 0 Å². The zero-order valence-corrected chi connectivity index (χ0v) is 37.7. The number of benzene rings is 4. The van der Waals surface area contributed by atoms with Crippen molar-refractivity contribution in [2.75, 3.05) is 26.4 Å². The highest BCUT2D eigenvalue weighted by atomic mass is 28.4. The number of hydrogen-bond donors (Lipinski definition) is 0. The lowest BCUT2D eigenvalue weighted by Crippen LogP contribution is -2.58. The van der Waals surface area contributed by atoms with Gasteiger partial charge in [0.05, 0.1) is 26.4 Å². The lowest BCUT2D eigenvalue weighted by molar-refractivity contribution is 0.306. The first-order chi connectivity index (χ1) is 27.0. The maximum absolute atomic E-state index is 8.14. The molecule has 0 bridgehead atoms. The fourth-order valence-electron chi connectivity index (χ4n) is 7.44. The third kappa shape index (κ3) is 11.7. The number of unbranched alkanes of at least 4 members (excludes halogenated alkanes) is 4. The van der Waals surface area contributed by atoms with Crippen LogP contribution in [-0.4, -0.2) is 44.5 Å². The Bertz CT molecular complexity index is 1480. The Morgan fingerprint density at radius 3 is 0.782 bits per heavy atom. The third-order valence-corrected chi connectivity index (χ3v) is 17.1. The normalized spacial score (nSPS) is 11.4. The molecule has 0 aliphatic rings. The molecule has 0 amide bonds. The molecule has 0 aromatic heterocycles. The van der Waals surface area contributed by atoms with E-state index in [4.69, 9.17) is 23.1 Å². The Hall–Kier alpha value is -3.53. The van der Waals surface area contributed by atoms with Gasteiger partial charge in [-0.05, 0) is 119 Å². The molecule has 0 aliphatic heterocycles. The van der Waals surface area contributed by atoms with Crippen LogP contribution in [0.3, 0.4) is 0 Å². The van der Waals surface area contributed by atoms with E-state index in [9.17, 15) is 0 Å². The molecule has 4 aromatic carbocycles. The fraction of sp³-hybridized carbons (Fsp3) is 0.500. The van der Waals surface area contributed by atoms with E-state index in [1.165, 1.54) is 43.0 Å². The summed E-state index contributed by atoms with van der Waals surface area (Å²) in [6.45, 7) is 20.8. The third-order valence-electron chi connectivity index (χ3n) is 10.5. The molecule has 55 heavy (non-hydrogen) atoms. The quantitative estimate of drug-likeness (QED) is 0.0470. The van der Waals surface area contributed by atoms with Crippen molar-refractivity contribution in [2.45, 2.75) is 132 Å². The van der Waals surface area contributed by atoms with Gasteiger partial charge in [0.2, 0.25) is 18.1 Å². The lowest BCUT2D eigenvalue weighted by Gasteiger charge is -2.31. The van der Waals surface area contributed by atoms with Crippen molar-refractivity contribution in [3.63, 3.8) is 0 Å². The zero-order valence-electron chi connectivity index (χ0n) is 35.4. The molecule has 0 heterocycles. The van der Waals surface area contributed by atoms with Gasteiger partial charge in [-0.15, -0.1) is 0 Å². The maximum atomic E-state index is 8.14. The average molecular weight is 783 g/mol. The molecule has 0 N–H and O–H groups in total. The van der Waals surface area contributed by atoms with E-state index in [2.05, 4.69) is 128 Å². The van der Waals surface area contributed by atoms with Gasteiger partial charge in [-0.2, -0.15) is 0 Å². The van der Waals surface area contributed by atoms with E-state index >= 15 is 0 Å². The second kappa shape index (κ2) is 24.2. The first kappa shape index (κ1) is 44.2. The van der Waals surface area contributed by atoms with E-state index in [1.807, 2.05) is 0 Å². The molecule has 0 saturated carbocycles. The molecular formula is C48H70O5Si2. The van der Waals surface area contributed by atoms with E-state index in [-0.39, 0.29) is 0 Å². The molecule has 7 heteroatoms. The molecule has 4 rings (SSSR count). The Kier molecular flexibility index (Phi) is 19.4. The number of hydrogen-bond acceptors (Lipinski definition) is 5. The Labute approximate surface area is 337 Å². The Morgan fingerprint density at radius 1 is 0.345 bits per heavy atom. The smallest absolute Gasteiger partial charge is 0.229 e. The van der Waals surface area contributed by atoms with Crippen LogP contribution in [0.25, 0.3) is 0 Å². The highest BCUT2D eigenvalue weighted by molar-refractivity contribution is 6.92. The van der Waals surface area contributed by atoms with Crippen LogP contribution in [0.1, 0.15) is 129 Å². The average Bonchev–Trinajstić information content (AvgIpc) is 3.21. The highest BCUT2D eigenvalue weighted by Gasteiger charge is 2.34. The van der Waals surface area contributed by atoms with Gasteiger partial charge in [-0.1, -0.05) is 130 Å². The lowest BCUT2D eigenvalue weighted by atomic mass is 10.1. The van der Waals surface area contributed by atoms with Crippen LogP contribution >= 0.6 is 0 Å². The molecule has 0 radical (unpaired) electrons. The van der Waals surface area contributed by atoms with Crippen LogP contribution < -0.4 is 39.7 Å². The van der Waals surface area contributed by atoms with Crippen molar-refractivity contribution in [3.05, 3.63) is 95.1 Å². The standard InChI is InChI=1S/C48H70O5Si2/c1-9-17-33-49-41-25-21-29-45(37(41)13-5)54(46-30-22-26-42(38(46)14-6)50-34-18-10-2)53-55(47-31-23-27-43(39(47)15-7)51-35-19-11-3)48-32-24-28-44(40(48)16-8)52-36-20-12-4/h21-32,54-55H,9-20,33-36H2,1-8H3. The van der Waals surface area contributed by atoms with Crippen LogP contribution in [0.2, 0.25) is 0 Å². The van der Waals surface area contributed by atoms with Gasteiger partial charge in [-0.3, -0.25) is 0 Å².